The highest BCUT2D eigenvalue weighted by Crippen LogP contribution is 2.60. The van der Waals surface area contributed by atoms with Gasteiger partial charge >= 0.3 is 7.12 Å². The van der Waals surface area contributed by atoms with Crippen molar-refractivity contribution in [1.82, 2.24) is 4.57 Å². The summed E-state index contributed by atoms with van der Waals surface area (Å²) in [5, 5.41) is 2.58. The highest BCUT2D eigenvalue weighted by Gasteiger charge is 2.55. The van der Waals surface area contributed by atoms with Crippen molar-refractivity contribution in [2.24, 2.45) is 0 Å². The topological polar surface area (TPSA) is 23.4 Å². The third-order valence-electron chi connectivity index (χ3n) is 11.3. The first-order valence-electron chi connectivity index (χ1n) is 15.8. The van der Waals surface area contributed by atoms with E-state index in [0.717, 1.165) is 5.46 Å². The minimum Gasteiger partial charge on any atom is -0.399 e. The minimum atomic E-state index is -0.490. The number of hydrogen-bond acceptors (Lipinski definition) is 2. The molecule has 1 aromatic heterocycles. The second kappa shape index (κ2) is 8.32. The van der Waals surface area contributed by atoms with Gasteiger partial charge in [-0.15, -0.1) is 0 Å². The van der Waals surface area contributed by atoms with E-state index in [0.29, 0.717) is 0 Å². The largest absolute Gasteiger partial charge is 0.494 e. The molecule has 44 heavy (non-hydrogen) atoms. The van der Waals surface area contributed by atoms with Crippen LogP contribution in [0.3, 0.4) is 0 Å². The molecule has 0 amide bonds. The van der Waals surface area contributed by atoms with Gasteiger partial charge in [-0.25, -0.2) is 0 Å². The third-order valence-corrected chi connectivity index (χ3v) is 11.3. The lowest BCUT2D eigenvalue weighted by atomic mass is 9.52. The fraction of sp³-hybridized carbons (Fsp3) is 0.250. The number of rotatable bonds is 1. The lowest BCUT2D eigenvalue weighted by Gasteiger charge is -2.50. The molecule has 1 saturated heterocycles. The molecule has 0 saturated carbocycles. The Balaban J connectivity index is 1.43. The predicted octanol–water partition coefficient (Wildman–Crippen LogP) is 8.42. The molecule has 4 heteroatoms. The summed E-state index contributed by atoms with van der Waals surface area (Å²) in [4.78, 5) is 0. The van der Waals surface area contributed by atoms with E-state index in [2.05, 4.69) is 155 Å². The summed E-state index contributed by atoms with van der Waals surface area (Å²) in [6, 6.07) is 40.9. The van der Waals surface area contributed by atoms with Gasteiger partial charge in [-0.05, 0) is 78.7 Å². The predicted molar refractivity (Wildman–Crippen MR) is 180 cm³/mol. The maximum Gasteiger partial charge on any atom is 0.494 e. The Hall–Kier alpha value is -4.12. The molecule has 2 aliphatic heterocycles. The van der Waals surface area contributed by atoms with Crippen molar-refractivity contribution in [3.8, 4) is 5.69 Å². The lowest BCUT2D eigenvalue weighted by molar-refractivity contribution is 0.00578. The number of hydrogen-bond donors (Lipinski definition) is 0. The monoisotopic (exact) mass is 573 g/mol. The molecule has 0 N–H and O–H groups in total. The number of aromatic nitrogens is 1. The van der Waals surface area contributed by atoms with Crippen LogP contribution in [-0.4, -0.2) is 22.9 Å². The Morgan fingerprint density at radius 2 is 1.11 bits per heavy atom. The van der Waals surface area contributed by atoms with Gasteiger partial charge < -0.3 is 13.9 Å². The van der Waals surface area contributed by atoms with E-state index in [4.69, 9.17) is 9.31 Å². The first-order chi connectivity index (χ1) is 21.1. The highest BCUT2D eigenvalue weighted by atomic mass is 16.7. The molecule has 216 valence electrons. The maximum absolute atomic E-state index is 6.57. The van der Waals surface area contributed by atoms with Crippen molar-refractivity contribution in [3.05, 3.63) is 143 Å². The van der Waals surface area contributed by atoms with E-state index >= 15 is 0 Å². The van der Waals surface area contributed by atoms with Gasteiger partial charge in [0.15, 0.2) is 0 Å². The van der Waals surface area contributed by atoms with Gasteiger partial charge in [0.25, 0.3) is 0 Å². The Labute approximate surface area is 259 Å². The van der Waals surface area contributed by atoms with Gasteiger partial charge in [0, 0.05) is 16.2 Å². The number of nitrogens with zero attached hydrogens (tertiary/aromatic N) is 1. The quantitative estimate of drug-likeness (QED) is 0.184. The molecule has 5 aromatic carbocycles. The summed E-state index contributed by atoms with van der Waals surface area (Å²) in [5.41, 5.74) is 11.3. The number of benzene rings is 5. The standard InChI is InChI=1S/C40H36BNO2/c1-37(2)28-16-8-9-17-29(28)40(30-23-22-25(24-33(30)37)41-43-38(3,4)39(5,6)44-41)31-18-10-12-21-35(31)42-34-20-11-7-14-26(34)27-15-13-19-32(40)36(27)42/h7-24H,1-6H3. The summed E-state index contributed by atoms with van der Waals surface area (Å²) in [6.07, 6.45) is 0. The average Bonchev–Trinajstić information content (AvgIpc) is 3.47. The molecule has 0 radical (unpaired) electrons. The zero-order valence-corrected chi connectivity index (χ0v) is 26.2. The molecule has 6 aromatic rings. The molecule has 9 rings (SSSR count). The maximum atomic E-state index is 6.57. The van der Waals surface area contributed by atoms with E-state index in [1.54, 1.807) is 0 Å². The van der Waals surface area contributed by atoms with Gasteiger partial charge in [-0.1, -0.05) is 111 Å². The summed E-state index contributed by atoms with van der Waals surface area (Å²) < 4.78 is 15.6. The minimum absolute atomic E-state index is 0.232. The molecule has 3 aliphatic rings. The third kappa shape index (κ3) is 3.01. The summed E-state index contributed by atoms with van der Waals surface area (Å²) in [6.45, 7) is 13.2. The van der Waals surface area contributed by atoms with Crippen LogP contribution in [0.4, 0.5) is 0 Å². The van der Waals surface area contributed by atoms with Crippen molar-refractivity contribution >= 4 is 34.4 Å². The second-order valence-electron chi connectivity index (χ2n) is 14.4. The molecule has 1 atom stereocenters. The van der Waals surface area contributed by atoms with Gasteiger partial charge in [0.05, 0.1) is 33.3 Å². The molecule has 0 bridgehead atoms. The van der Waals surface area contributed by atoms with Crippen LogP contribution >= 0.6 is 0 Å². The highest BCUT2D eigenvalue weighted by molar-refractivity contribution is 6.62. The zero-order valence-electron chi connectivity index (χ0n) is 26.2. The fourth-order valence-corrected chi connectivity index (χ4v) is 8.46. The fourth-order valence-electron chi connectivity index (χ4n) is 8.46. The molecule has 1 unspecified atom stereocenters. The van der Waals surface area contributed by atoms with Crippen molar-refractivity contribution in [3.63, 3.8) is 0 Å². The van der Waals surface area contributed by atoms with E-state index in [1.165, 1.54) is 60.9 Å². The molecule has 3 heterocycles. The molecule has 1 fully saturated rings. The molecular weight excluding hydrogens is 537 g/mol. The van der Waals surface area contributed by atoms with E-state index in [1.807, 2.05) is 0 Å². The van der Waals surface area contributed by atoms with Crippen molar-refractivity contribution in [1.29, 1.82) is 0 Å². The van der Waals surface area contributed by atoms with Crippen LogP contribution in [0.2, 0.25) is 0 Å². The lowest BCUT2D eigenvalue weighted by Crippen LogP contribution is -2.45. The van der Waals surface area contributed by atoms with Gasteiger partial charge in [-0.3, -0.25) is 0 Å². The van der Waals surface area contributed by atoms with Crippen LogP contribution in [0, 0.1) is 0 Å². The van der Waals surface area contributed by atoms with Gasteiger partial charge in [-0.2, -0.15) is 0 Å². The van der Waals surface area contributed by atoms with E-state index in [-0.39, 0.29) is 5.41 Å². The Bertz CT molecular complexity index is 2170. The average molecular weight is 574 g/mol. The Morgan fingerprint density at radius 3 is 1.89 bits per heavy atom. The SMILES string of the molecule is CC1(C)c2ccccc2C2(c3ccccc3-n3c4ccccc4c4cccc2c43)c2ccc(B3OC(C)(C)C(C)(C)O3)cc21. The molecular formula is C40H36BNO2. The summed E-state index contributed by atoms with van der Waals surface area (Å²) in [5.74, 6) is 0. The van der Waals surface area contributed by atoms with Crippen molar-refractivity contribution in [2.75, 3.05) is 0 Å². The zero-order chi connectivity index (χ0) is 30.2. The Morgan fingerprint density at radius 1 is 0.523 bits per heavy atom. The van der Waals surface area contributed by atoms with Crippen LogP contribution in [0.5, 0.6) is 0 Å². The van der Waals surface area contributed by atoms with Crippen LogP contribution in [0.1, 0.15) is 74.9 Å². The van der Waals surface area contributed by atoms with Gasteiger partial charge in [0.2, 0.25) is 0 Å². The normalized spacial score (nSPS) is 21.8. The first kappa shape index (κ1) is 26.3. The molecule has 1 aliphatic carbocycles. The van der Waals surface area contributed by atoms with Crippen molar-refractivity contribution in [2.45, 2.75) is 63.6 Å². The summed E-state index contributed by atoms with van der Waals surface area (Å²) in [7, 11) is -0.418. The molecule has 3 nitrogen and oxygen atoms in total. The second-order valence-corrected chi connectivity index (χ2v) is 14.4. The smallest absolute Gasteiger partial charge is 0.399 e. The van der Waals surface area contributed by atoms with E-state index < -0.39 is 23.7 Å². The van der Waals surface area contributed by atoms with Gasteiger partial charge in [0.1, 0.15) is 0 Å². The van der Waals surface area contributed by atoms with Crippen LogP contribution in [-0.2, 0) is 20.1 Å². The Kier molecular flexibility index (Phi) is 4.98. The molecule has 1 spiro atoms. The van der Waals surface area contributed by atoms with Crippen LogP contribution < -0.4 is 5.46 Å². The van der Waals surface area contributed by atoms with Crippen LogP contribution in [0.25, 0.3) is 27.5 Å². The van der Waals surface area contributed by atoms with E-state index in [9.17, 15) is 0 Å². The number of fused-ring (bicyclic) bond motifs is 11. The van der Waals surface area contributed by atoms with Crippen LogP contribution in [0.15, 0.2) is 109 Å². The first-order valence-corrected chi connectivity index (χ1v) is 15.8. The number of para-hydroxylation sites is 3. The van der Waals surface area contributed by atoms with Crippen molar-refractivity contribution < 1.29 is 9.31 Å². The summed E-state index contributed by atoms with van der Waals surface area (Å²) >= 11 is 0.